The molecule has 0 aliphatic rings. The van der Waals surface area contributed by atoms with Crippen LogP contribution in [-0.4, -0.2) is 18.4 Å². The minimum atomic E-state index is -0.574. The van der Waals surface area contributed by atoms with Crippen LogP contribution in [0.4, 0.5) is 0 Å². The molecule has 0 spiro atoms. The number of ether oxygens (including phenoxy) is 1. The van der Waals surface area contributed by atoms with E-state index in [1.807, 2.05) is 0 Å². The van der Waals surface area contributed by atoms with Gasteiger partial charge < -0.3 is 4.74 Å². The number of carbonyl (C=O) groups excluding carboxylic acids is 1. The van der Waals surface area contributed by atoms with Gasteiger partial charge in [-0.25, -0.2) is 4.79 Å². The second-order valence-electron chi connectivity index (χ2n) is 1.44. The Morgan fingerprint density at radius 3 is 2.91 bits per heavy atom. The number of alkyl halides is 1. The van der Waals surface area contributed by atoms with E-state index in [1.165, 1.54) is 13.2 Å². The zero-order valence-electron chi connectivity index (χ0n) is 5.86. The number of hydrogen-bond donors (Lipinski definition) is 0. The van der Waals surface area contributed by atoms with E-state index in [-0.39, 0.29) is 5.03 Å². The van der Waals surface area contributed by atoms with Gasteiger partial charge in [0, 0.05) is 6.08 Å². The lowest BCUT2D eigenvalue weighted by Gasteiger charge is -1.91. The number of halogens is 2. The fourth-order valence-corrected chi connectivity index (χ4v) is 0.603. The van der Waals surface area contributed by atoms with Gasteiger partial charge in [0.05, 0.1) is 12.4 Å². The van der Waals surface area contributed by atoms with E-state index in [0.717, 1.165) is 0 Å². The van der Waals surface area contributed by atoms with Crippen LogP contribution in [0, 0.1) is 11.8 Å². The Kier molecular flexibility index (Phi) is 6.00. The molecule has 0 aromatic rings. The van der Waals surface area contributed by atoms with E-state index in [4.69, 9.17) is 11.6 Å². The molecule has 0 saturated carbocycles. The number of esters is 1. The highest BCUT2D eigenvalue weighted by atomic mass is 79.9. The first-order valence-corrected chi connectivity index (χ1v) is 4.20. The Morgan fingerprint density at radius 2 is 2.45 bits per heavy atom. The Labute approximate surface area is 78.7 Å². The fraction of sp³-hybridized carbons (Fsp3) is 0.286. The molecule has 0 aromatic heterocycles. The van der Waals surface area contributed by atoms with Crippen molar-refractivity contribution < 1.29 is 9.53 Å². The maximum absolute atomic E-state index is 10.6. The first-order valence-electron chi connectivity index (χ1n) is 2.70. The fourth-order valence-electron chi connectivity index (χ4n) is 0.309. The first kappa shape index (κ1) is 10.5. The van der Waals surface area contributed by atoms with Crippen LogP contribution in [0.2, 0.25) is 0 Å². The van der Waals surface area contributed by atoms with Crippen LogP contribution in [0.3, 0.4) is 0 Å². The molecule has 0 heterocycles. The van der Waals surface area contributed by atoms with Crippen molar-refractivity contribution >= 4 is 33.5 Å². The molecule has 11 heavy (non-hydrogen) atoms. The summed E-state index contributed by atoms with van der Waals surface area (Å²) in [5.74, 6) is 4.64. The van der Waals surface area contributed by atoms with Crippen LogP contribution in [0.15, 0.2) is 11.1 Å². The van der Waals surface area contributed by atoms with Gasteiger partial charge in [-0.3, -0.25) is 0 Å². The predicted molar refractivity (Wildman–Crippen MR) is 47.5 cm³/mol. The average Bonchev–Trinajstić information content (AvgIpc) is 2.03. The highest BCUT2D eigenvalue weighted by Gasteiger charge is 2.02. The molecule has 60 valence electrons. The summed E-state index contributed by atoms with van der Waals surface area (Å²) in [5, 5.41) is 0.537. The van der Waals surface area contributed by atoms with Crippen LogP contribution >= 0.6 is 27.5 Å². The van der Waals surface area contributed by atoms with Crippen molar-refractivity contribution in [3.8, 4) is 11.8 Å². The third-order valence-electron chi connectivity index (χ3n) is 0.748. The summed E-state index contributed by atoms with van der Waals surface area (Å²) in [5.41, 5.74) is 0. The lowest BCUT2D eigenvalue weighted by atomic mass is 10.5. The Bertz CT molecular complexity index is 224. The standard InChI is InChI=1S/C7H6BrClO2/c1-11-7(10)6(9)4-2-3-5-8/h4H,5H2,1H3. The normalized spacial score (nSPS) is 9.91. The molecule has 2 nitrogen and oxygen atoms in total. The van der Waals surface area contributed by atoms with Crippen LogP contribution in [0.5, 0.6) is 0 Å². The monoisotopic (exact) mass is 236 g/mol. The molecule has 0 radical (unpaired) electrons. The zero-order valence-corrected chi connectivity index (χ0v) is 8.20. The summed E-state index contributed by atoms with van der Waals surface area (Å²) in [6, 6.07) is 0. The number of carbonyl (C=O) groups is 1. The summed E-state index contributed by atoms with van der Waals surface area (Å²) in [6.45, 7) is 0. The maximum Gasteiger partial charge on any atom is 0.350 e. The molecule has 0 rings (SSSR count). The van der Waals surface area contributed by atoms with E-state index in [1.54, 1.807) is 0 Å². The smallest absolute Gasteiger partial charge is 0.350 e. The van der Waals surface area contributed by atoms with E-state index >= 15 is 0 Å². The van der Waals surface area contributed by atoms with Crippen molar-refractivity contribution in [3.63, 3.8) is 0 Å². The van der Waals surface area contributed by atoms with Gasteiger partial charge in [0.1, 0.15) is 5.03 Å². The molecular weight excluding hydrogens is 231 g/mol. The SMILES string of the molecule is COC(=O)C(Cl)=CC#CCBr. The summed E-state index contributed by atoms with van der Waals surface area (Å²) < 4.78 is 4.32. The molecular formula is C7H6BrClO2. The molecule has 0 atom stereocenters. The van der Waals surface area contributed by atoms with E-state index in [0.29, 0.717) is 5.33 Å². The van der Waals surface area contributed by atoms with Crippen LogP contribution in [0.25, 0.3) is 0 Å². The van der Waals surface area contributed by atoms with E-state index < -0.39 is 5.97 Å². The van der Waals surface area contributed by atoms with Crippen LogP contribution in [-0.2, 0) is 9.53 Å². The first-order chi connectivity index (χ1) is 5.22. The van der Waals surface area contributed by atoms with Crippen molar-refractivity contribution in [1.29, 1.82) is 0 Å². The summed E-state index contributed by atoms with van der Waals surface area (Å²) in [7, 11) is 1.26. The second kappa shape index (κ2) is 6.26. The molecule has 0 unspecified atom stereocenters. The number of rotatable bonds is 1. The third kappa shape index (κ3) is 4.88. The number of methoxy groups -OCH3 is 1. The van der Waals surface area contributed by atoms with Crippen LogP contribution in [0.1, 0.15) is 0 Å². The van der Waals surface area contributed by atoms with Gasteiger partial charge in [-0.15, -0.1) is 0 Å². The molecule has 4 heteroatoms. The molecule has 0 aromatic carbocycles. The average molecular weight is 237 g/mol. The third-order valence-corrected chi connectivity index (χ3v) is 1.29. The lowest BCUT2D eigenvalue weighted by Crippen LogP contribution is -1.98. The highest BCUT2D eigenvalue weighted by Crippen LogP contribution is 2.01. The minimum absolute atomic E-state index is 0.0130. The maximum atomic E-state index is 10.6. The number of allylic oxidation sites excluding steroid dienone is 1. The van der Waals surface area contributed by atoms with Gasteiger partial charge >= 0.3 is 5.97 Å². The van der Waals surface area contributed by atoms with Gasteiger partial charge in [-0.1, -0.05) is 39.4 Å². The van der Waals surface area contributed by atoms with Gasteiger partial charge in [-0.05, 0) is 0 Å². The van der Waals surface area contributed by atoms with Gasteiger partial charge in [0.15, 0.2) is 0 Å². The van der Waals surface area contributed by atoms with Crippen molar-refractivity contribution in [2.24, 2.45) is 0 Å². The summed E-state index contributed by atoms with van der Waals surface area (Å²) in [6.07, 6.45) is 1.30. The van der Waals surface area contributed by atoms with Crippen molar-refractivity contribution in [2.45, 2.75) is 0 Å². The molecule has 0 saturated heterocycles. The molecule has 0 fully saturated rings. The zero-order chi connectivity index (χ0) is 8.69. The van der Waals surface area contributed by atoms with E-state index in [9.17, 15) is 4.79 Å². The van der Waals surface area contributed by atoms with E-state index in [2.05, 4.69) is 32.5 Å². The van der Waals surface area contributed by atoms with Crippen LogP contribution < -0.4 is 0 Å². The van der Waals surface area contributed by atoms with Gasteiger partial charge in [-0.2, -0.15) is 0 Å². The van der Waals surface area contributed by atoms with Crippen molar-refractivity contribution in [3.05, 3.63) is 11.1 Å². The van der Waals surface area contributed by atoms with Gasteiger partial charge in [0.2, 0.25) is 0 Å². The molecule has 0 bridgehead atoms. The molecule has 0 amide bonds. The molecule has 0 aliphatic carbocycles. The Balaban J connectivity index is 4.11. The summed E-state index contributed by atoms with van der Waals surface area (Å²) in [4.78, 5) is 10.6. The Hall–Kier alpha value is -0.460. The van der Waals surface area contributed by atoms with Gasteiger partial charge in [0.25, 0.3) is 0 Å². The quantitative estimate of drug-likeness (QED) is 0.300. The largest absolute Gasteiger partial charge is 0.465 e. The molecule has 0 N–H and O–H groups in total. The summed E-state index contributed by atoms with van der Waals surface area (Å²) >= 11 is 8.53. The Morgan fingerprint density at radius 1 is 1.82 bits per heavy atom. The highest BCUT2D eigenvalue weighted by molar-refractivity contribution is 9.09. The minimum Gasteiger partial charge on any atom is -0.465 e. The number of hydrogen-bond acceptors (Lipinski definition) is 2. The predicted octanol–water partition coefficient (Wildman–Crippen LogP) is 1.68. The lowest BCUT2D eigenvalue weighted by molar-refractivity contribution is -0.135. The second-order valence-corrected chi connectivity index (χ2v) is 2.41. The topological polar surface area (TPSA) is 26.3 Å². The molecule has 0 aliphatic heterocycles. The van der Waals surface area contributed by atoms with Crippen molar-refractivity contribution in [2.75, 3.05) is 12.4 Å². The van der Waals surface area contributed by atoms with Crippen molar-refractivity contribution in [1.82, 2.24) is 0 Å².